The van der Waals surface area contributed by atoms with Crippen molar-refractivity contribution in [2.24, 2.45) is 4.99 Å². The fourth-order valence-corrected chi connectivity index (χ4v) is 10.9. The smallest absolute Gasteiger partial charge is 0.271 e. The first-order chi connectivity index (χ1) is 26.6. The van der Waals surface area contributed by atoms with Crippen LogP contribution in [0.4, 0.5) is 5.69 Å². The number of rotatable bonds is 9. The van der Waals surface area contributed by atoms with E-state index in [9.17, 15) is 9.59 Å². The molecule has 2 aliphatic rings. The van der Waals surface area contributed by atoms with Crippen LogP contribution in [0.25, 0.3) is 16.1 Å². The van der Waals surface area contributed by atoms with Crippen LogP contribution in [0.5, 0.6) is 0 Å². The number of carbonyl (C=O) groups is 1. The zero-order chi connectivity index (χ0) is 38.4. The van der Waals surface area contributed by atoms with Crippen molar-refractivity contribution < 1.29 is 21.8 Å². The van der Waals surface area contributed by atoms with Gasteiger partial charge in [-0.25, -0.2) is 0 Å². The molecule has 0 radical (unpaired) electrons. The molecule has 1 atom stereocenters. The predicted octanol–water partition coefficient (Wildman–Crippen LogP) is 3.07. The second-order valence-corrected chi connectivity index (χ2v) is 17.2. The molecule has 56 heavy (non-hydrogen) atoms. The molecule has 2 aromatic carbocycles. The number of pyridine rings is 1. The van der Waals surface area contributed by atoms with Crippen molar-refractivity contribution >= 4 is 74.4 Å². The van der Waals surface area contributed by atoms with Crippen LogP contribution in [0.1, 0.15) is 64.7 Å². The van der Waals surface area contributed by atoms with Crippen molar-refractivity contribution in [3.63, 3.8) is 0 Å². The maximum absolute atomic E-state index is 13.7. The van der Waals surface area contributed by atoms with Crippen molar-refractivity contribution in [3.8, 4) is 5.00 Å². The van der Waals surface area contributed by atoms with Gasteiger partial charge in [0.05, 0.1) is 17.8 Å². The van der Waals surface area contributed by atoms with Crippen molar-refractivity contribution in [1.29, 1.82) is 0 Å². The number of fused-ring (bicyclic) bond motifs is 4. The van der Waals surface area contributed by atoms with Gasteiger partial charge in [0.2, 0.25) is 11.6 Å². The predicted molar refractivity (Wildman–Crippen MR) is 223 cm³/mol. The SMILES string of the molecule is CCn1c(=O)/c(=C2\Sc3ccccc3N2C)s/c1=C\c1cccc[n+]1CCCNC(=O)C[C@@H]1N=C(c2ccc(Cl)cc2)c2c(sc(C)c2C)-n2c(C)nnc21.[Cl-]. The summed E-state index contributed by atoms with van der Waals surface area (Å²) in [5.74, 6) is 1.31. The number of hydrogen-bond acceptors (Lipinski definition) is 9. The Morgan fingerprint density at radius 3 is 2.55 bits per heavy atom. The minimum atomic E-state index is -0.530. The van der Waals surface area contributed by atoms with E-state index in [2.05, 4.69) is 67.7 Å². The van der Waals surface area contributed by atoms with Gasteiger partial charge in [0.1, 0.15) is 31.1 Å². The number of thiophene rings is 1. The molecule has 0 bridgehead atoms. The van der Waals surface area contributed by atoms with Crippen LogP contribution in [-0.4, -0.2) is 44.5 Å². The Morgan fingerprint density at radius 2 is 1.79 bits per heavy atom. The van der Waals surface area contributed by atoms with E-state index in [1.54, 1.807) is 23.1 Å². The van der Waals surface area contributed by atoms with E-state index in [0.29, 0.717) is 36.9 Å². The molecular formula is C41H40Cl2N8O2S3. The Balaban J connectivity index is 0.00000480. The van der Waals surface area contributed by atoms with E-state index in [1.165, 1.54) is 16.2 Å². The van der Waals surface area contributed by atoms with Gasteiger partial charge in [-0.3, -0.25) is 23.7 Å². The second kappa shape index (κ2) is 16.5. The van der Waals surface area contributed by atoms with Gasteiger partial charge in [-0.15, -0.1) is 32.9 Å². The monoisotopic (exact) mass is 842 g/mol. The zero-order valence-corrected chi connectivity index (χ0v) is 35.5. The summed E-state index contributed by atoms with van der Waals surface area (Å²) in [6, 6.07) is 21.5. The number of aromatic nitrogens is 5. The largest absolute Gasteiger partial charge is 1.00 e. The molecule has 0 fully saturated rings. The van der Waals surface area contributed by atoms with E-state index in [-0.39, 0.29) is 30.3 Å². The number of amides is 1. The summed E-state index contributed by atoms with van der Waals surface area (Å²) in [6.07, 6.45) is 4.98. The maximum Gasteiger partial charge on any atom is 0.271 e. The molecule has 1 amide bonds. The Hall–Kier alpha value is -4.53. The lowest BCUT2D eigenvalue weighted by Crippen LogP contribution is -3.00. The van der Waals surface area contributed by atoms with E-state index >= 15 is 0 Å². The molecule has 0 saturated heterocycles. The Kier molecular flexibility index (Phi) is 11.7. The van der Waals surface area contributed by atoms with E-state index in [4.69, 9.17) is 16.6 Å². The highest BCUT2D eigenvalue weighted by atomic mass is 35.5. The minimum absolute atomic E-state index is 0. The Labute approximate surface area is 348 Å². The summed E-state index contributed by atoms with van der Waals surface area (Å²) in [4.78, 5) is 37.0. The summed E-state index contributed by atoms with van der Waals surface area (Å²) in [7, 11) is 2.02. The van der Waals surface area contributed by atoms with Crippen molar-refractivity contribution in [1.82, 2.24) is 24.6 Å². The Morgan fingerprint density at radius 1 is 1.02 bits per heavy atom. The van der Waals surface area contributed by atoms with Gasteiger partial charge in [0.15, 0.2) is 18.6 Å². The molecule has 0 spiro atoms. The lowest BCUT2D eigenvalue weighted by molar-refractivity contribution is -0.698. The minimum Gasteiger partial charge on any atom is -1.00 e. The number of aliphatic imine (C=N–C) groups is 1. The summed E-state index contributed by atoms with van der Waals surface area (Å²) in [6.45, 7) is 9.92. The topological polar surface area (TPSA) is 101 Å². The van der Waals surface area contributed by atoms with Crippen LogP contribution in [0.15, 0.2) is 87.6 Å². The number of anilines is 1. The molecule has 0 aliphatic carbocycles. The molecule has 0 saturated carbocycles. The highest BCUT2D eigenvalue weighted by Gasteiger charge is 2.32. The normalized spacial score (nSPS) is 15.8. The van der Waals surface area contributed by atoms with Crippen molar-refractivity contribution in [2.45, 2.75) is 64.6 Å². The maximum atomic E-state index is 13.7. The highest BCUT2D eigenvalue weighted by Crippen LogP contribution is 2.45. The third-order valence-corrected chi connectivity index (χ3v) is 14.0. The summed E-state index contributed by atoms with van der Waals surface area (Å²) in [5.41, 5.74) is 6.07. The van der Waals surface area contributed by atoms with Crippen molar-refractivity contribution in [3.05, 3.63) is 136 Å². The summed E-state index contributed by atoms with van der Waals surface area (Å²) >= 11 is 11.1. The molecule has 10 nitrogen and oxygen atoms in total. The number of hydrogen-bond donors (Lipinski definition) is 1. The van der Waals surface area contributed by atoms with E-state index < -0.39 is 6.04 Å². The molecule has 6 aromatic rings. The fraction of sp³-hybridized carbons (Fsp3) is 0.268. The van der Waals surface area contributed by atoms with Crippen molar-refractivity contribution in [2.75, 3.05) is 18.5 Å². The molecule has 2 aliphatic heterocycles. The van der Waals surface area contributed by atoms with Gasteiger partial charge in [-0.2, -0.15) is 4.57 Å². The first-order valence-electron chi connectivity index (χ1n) is 18.2. The Bertz CT molecular complexity index is 2680. The summed E-state index contributed by atoms with van der Waals surface area (Å²) < 4.78 is 7.72. The third-order valence-electron chi connectivity index (χ3n) is 10.0. The number of nitrogens with one attached hydrogen (secondary N) is 1. The zero-order valence-electron chi connectivity index (χ0n) is 31.5. The number of carbonyl (C=O) groups excluding carboxylic acids is 1. The van der Waals surface area contributed by atoms with Gasteiger partial charge in [0.25, 0.3) is 5.56 Å². The lowest BCUT2D eigenvalue weighted by atomic mass is 9.99. The third kappa shape index (κ3) is 7.38. The quantitative estimate of drug-likeness (QED) is 0.178. The number of nitrogens with zero attached hydrogens (tertiary/aromatic N) is 7. The number of thioether (sulfide) groups is 1. The molecule has 6 heterocycles. The number of para-hydroxylation sites is 1. The average molecular weight is 844 g/mol. The molecule has 0 unspecified atom stereocenters. The van der Waals surface area contributed by atoms with Gasteiger partial charge in [-0.05, 0) is 63.6 Å². The van der Waals surface area contributed by atoms with Gasteiger partial charge < -0.3 is 22.6 Å². The van der Waals surface area contributed by atoms with Crippen LogP contribution in [0.3, 0.4) is 0 Å². The standard InChI is InChI=1S/C41H39ClN8O2S3.ClH/c1-6-49-34(55-37(39(49)52)41-47(5)31-13-7-8-14-32(31)54-41)22-29-12-9-10-20-48(29)21-11-19-43-33(51)23-30-38-46-45-26(4)50(38)40-35(24(2)25(3)53-40)36(44-30)27-15-17-28(42)18-16-27;/h7-10,12-18,20,22,30H,6,11,19,21,23H2,1-5H3;1H/b41-37+;/t30-;/m0./s1. The summed E-state index contributed by atoms with van der Waals surface area (Å²) in [5, 5.41) is 14.7. The van der Waals surface area contributed by atoms with E-state index in [1.807, 2.05) is 80.2 Å². The number of thiazole rings is 1. The van der Waals surface area contributed by atoms with Gasteiger partial charge >= 0.3 is 0 Å². The molecule has 15 heteroatoms. The van der Waals surface area contributed by atoms with Gasteiger partial charge in [0, 0.05) is 70.7 Å². The molecule has 288 valence electrons. The lowest BCUT2D eigenvalue weighted by Gasteiger charge is -2.13. The number of aryl methyl sites for hydroxylation is 3. The number of benzene rings is 2. The van der Waals surface area contributed by atoms with Crippen LogP contribution < -0.4 is 41.9 Å². The van der Waals surface area contributed by atoms with Crippen LogP contribution in [0.2, 0.25) is 5.02 Å². The second-order valence-electron chi connectivity index (χ2n) is 13.5. The molecular weight excluding hydrogens is 804 g/mol. The van der Waals surface area contributed by atoms with Gasteiger partial charge in [-0.1, -0.05) is 47.6 Å². The fourth-order valence-electron chi connectivity index (χ4n) is 7.08. The van der Waals surface area contributed by atoms with E-state index in [0.717, 1.165) is 63.7 Å². The first kappa shape index (κ1) is 39.7. The van der Waals surface area contributed by atoms with Crippen LogP contribution in [0, 0.1) is 20.8 Å². The number of halogens is 2. The first-order valence-corrected chi connectivity index (χ1v) is 21.0. The van der Waals surface area contributed by atoms with Crippen LogP contribution in [-0.2, 0) is 17.9 Å². The van der Waals surface area contributed by atoms with Crippen LogP contribution >= 0.6 is 46.0 Å². The molecule has 1 N–H and O–H groups in total. The molecule has 4 aromatic heterocycles. The average Bonchev–Trinajstić information content (AvgIpc) is 3.88. The molecule has 8 rings (SSSR count). The highest BCUT2D eigenvalue weighted by molar-refractivity contribution is 8.08.